The summed E-state index contributed by atoms with van der Waals surface area (Å²) in [6.45, 7) is 9.94. The van der Waals surface area contributed by atoms with Crippen LogP contribution in [0.3, 0.4) is 0 Å². The first kappa shape index (κ1) is 21.6. The van der Waals surface area contributed by atoms with Gasteiger partial charge >= 0.3 is 0 Å². The van der Waals surface area contributed by atoms with Crippen LogP contribution in [0.25, 0.3) is 0 Å². The van der Waals surface area contributed by atoms with E-state index in [4.69, 9.17) is 0 Å². The lowest BCUT2D eigenvalue weighted by molar-refractivity contribution is -0.127. The number of nitrogens with one attached hydrogen (secondary N) is 1. The summed E-state index contributed by atoms with van der Waals surface area (Å²) in [4.78, 5) is 27.3. The number of benzene rings is 1. The standard InChI is InChI=1S/C24H32N2O2S/c1-16(2)18-5-7-19(8-6-18)22(17(3)4)25-23(27)20-9-12-26(13-10-20)24(28)21-11-14-29-15-21/h5-8,11,14-17,20,22H,9-10,12-13H2,1-4H3,(H,25,27). The molecule has 0 spiro atoms. The summed E-state index contributed by atoms with van der Waals surface area (Å²) in [6, 6.07) is 10.5. The maximum Gasteiger partial charge on any atom is 0.254 e. The monoisotopic (exact) mass is 412 g/mol. The van der Waals surface area contributed by atoms with Gasteiger partial charge in [-0.2, -0.15) is 11.3 Å². The number of hydrogen-bond acceptors (Lipinski definition) is 3. The molecule has 1 unspecified atom stereocenters. The van der Waals surface area contributed by atoms with Crippen molar-refractivity contribution >= 4 is 23.2 Å². The molecule has 4 nitrogen and oxygen atoms in total. The Morgan fingerprint density at radius 1 is 1.00 bits per heavy atom. The molecule has 2 aromatic rings. The molecule has 156 valence electrons. The number of nitrogens with zero attached hydrogens (tertiary/aromatic N) is 1. The Bertz CT molecular complexity index is 804. The number of thiophene rings is 1. The SMILES string of the molecule is CC(C)c1ccc(C(NC(=O)C2CCN(C(=O)c3ccsc3)CC2)C(C)C)cc1. The van der Waals surface area contributed by atoms with E-state index in [-0.39, 0.29) is 23.8 Å². The molecule has 3 rings (SSSR count). The van der Waals surface area contributed by atoms with Crippen molar-refractivity contribution in [3.8, 4) is 0 Å². The number of hydrogen-bond donors (Lipinski definition) is 1. The average molecular weight is 413 g/mol. The minimum atomic E-state index is -0.0299. The molecule has 1 atom stereocenters. The zero-order chi connectivity index (χ0) is 21.0. The summed E-state index contributed by atoms with van der Waals surface area (Å²) in [5.74, 6) is 0.967. The zero-order valence-electron chi connectivity index (χ0n) is 17.9. The van der Waals surface area contributed by atoms with E-state index in [1.165, 1.54) is 16.9 Å². The van der Waals surface area contributed by atoms with Crippen LogP contribution in [0.5, 0.6) is 0 Å². The summed E-state index contributed by atoms with van der Waals surface area (Å²) in [5.41, 5.74) is 3.22. The molecular formula is C24H32N2O2S. The third kappa shape index (κ3) is 5.27. The van der Waals surface area contributed by atoms with Gasteiger partial charge in [-0.15, -0.1) is 0 Å². The minimum absolute atomic E-state index is 0.00850. The third-order valence-electron chi connectivity index (χ3n) is 5.85. The van der Waals surface area contributed by atoms with Gasteiger partial charge in [0.2, 0.25) is 5.91 Å². The first-order chi connectivity index (χ1) is 13.9. The fourth-order valence-electron chi connectivity index (χ4n) is 3.91. The lowest BCUT2D eigenvalue weighted by Crippen LogP contribution is -2.44. The van der Waals surface area contributed by atoms with Crippen molar-refractivity contribution < 1.29 is 9.59 Å². The predicted molar refractivity (Wildman–Crippen MR) is 119 cm³/mol. The van der Waals surface area contributed by atoms with Crippen molar-refractivity contribution in [1.29, 1.82) is 0 Å². The quantitative estimate of drug-likeness (QED) is 0.706. The highest BCUT2D eigenvalue weighted by atomic mass is 32.1. The van der Waals surface area contributed by atoms with Gasteiger partial charge in [0, 0.05) is 24.4 Å². The smallest absolute Gasteiger partial charge is 0.254 e. The molecule has 2 heterocycles. The molecule has 0 radical (unpaired) electrons. The Kier molecular flexibility index (Phi) is 7.12. The van der Waals surface area contributed by atoms with Crippen molar-refractivity contribution in [3.63, 3.8) is 0 Å². The molecule has 1 saturated heterocycles. The Hall–Kier alpha value is -2.14. The molecule has 1 N–H and O–H groups in total. The molecule has 1 aliphatic heterocycles. The number of carbonyl (C=O) groups is 2. The summed E-state index contributed by atoms with van der Waals surface area (Å²) < 4.78 is 0. The van der Waals surface area contributed by atoms with Crippen LogP contribution in [0.2, 0.25) is 0 Å². The molecule has 1 fully saturated rings. The molecule has 2 amide bonds. The fourth-order valence-corrected chi connectivity index (χ4v) is 4.54. The summed E-state index contributed by atoms with van der Waals surface area (Å²) >= 11 is 1.54. The van der Waals surface area contributed by atoms with Gasteiger partial charge in [0.25, 0.3) is 5.91 Å². The van der Waals surface area contributed by atoms with Crippen LogP contribution < -0.4 is 5.32 Å². The Balaban J connectivity index is 1.59. The van der Waals surface area contributed by atoms with Crippen LogP contribution in [-0.2, 0) is 4.79 Å². The number of likely N-dealkylation sites (tertiary alicyclic amines) is 1. The van der Waals surface area contributed by atoms with Gasteiger partial charge in [0.15, 0.2) is 0 Å². The second-order valence-electron chi connectivity index (χ2n) is 8.63. The number of piperidine rings is 1. The predicted octanol–water partition coefficient (Wildman–Crippen LogP) is 5.24. The Morgan fingerprint density at radius 3 is 2.14 bits per heavy atom. The topological polar surface area (TPSA) is 49.4 Å². The highest BCUT2D eigenvalue weighted by molar-refractivity contribution is 7.08. The van der Waals surface area contributed by atoms with Crippen LogP contribution in [0.4, 0.5) is 0 Å². The highest BCUT2D eigenvalue weighted by Gasteiger charge is 2.30. The fraction of sp³-hybridized carbons (Fsp3) is 0.500. The maximum atomic E-state index is 13.0. The van der Waals surface area contributed by atoms with E-state index >= 15 is 0 Å². The van der Waals surface area contributed by atoms with Crippen LogP contribution in [0, 0.1) is 11.8 Å². The lowest BCUT2D eigenvalue weighted by atomic mass is 9.91. The van der Waals surface area contributed by atoms with Gasteiger partial charge in [0.1, 0.15) is 0 Å². The molecule has 5 heteroatoms. The van der Waals surface area contributed by atoms with Crippen molar-refractivity contribution in [2.75, 3.05) is 13.1 Å². The van der Waals surface area contributed by atoms with Crippen LogP contribution in [-0.4, -0.2) is 29.8 Å². The zero-order valence-corrected chi connectivity index (χ0v) is 18.7. The Morgan fingerprint density at radius 2 is 1.62 bits per heavy atom. The van der Waals surface area contributed by atoms with Gasteiger partial charge in [0.05, 0.1) is 11.6 Å². The summed E-state index contributed by atoms with van der Waals surface area (Å²) in [6.07, 6.45) is 1.44. The van der Waals surface area contributed by atoms with Gasteiger partial charge in [-0.1, -0.05) is 52.0 Å². The van der Waals surface area contributed by atoms with E-state index in [0.717, 1.165) is 24.0 Å². The molecule has 1 aliphatic rings. The van der Waals surface area contributed by atoms with E-state index in [0.29, 0.717) is 24.9 Å². The summed E-state index contributed by atoms with van der Waals surface area (Å²) in [7, 11) is 0. The van der Waals surface area contributed by atoms with Crippen LogP contribution in [0.15, 0.2) is 41.1 Å². The molecule has 1 aromatic heterocycles. The molecule has 0 aliphatic carbocycles. The molecular weight excluding hydrogens is 380 g/mol. The number of carbonyl (C=O) groups excluding carboxylic acids is 2. The van der Waals surface area contributed by atoms with Crippen LogP contribution >= 0.6 is 11.3 Å². The van der Waals surface area contributed by atoms with Crippen molar-refractivity contribution in [2.45, 2.75) is 52.5 Å². The second-order valence-corrected chi connectivity index (χ2v) is 9.41. The summed E-state index contributed by atoms with van der Waals surface area (Å²) in [5, 5.41) is 7.09. The first-order valence-corrected chi connectivity index (χ1v) is 11.5. The Labute approximate surface area is 178 Å². The van der Waals surface area contributed by atoms with E-state index < -0.39 is 0 Å². The van der Waals surface area contributed by atoms with Crippen molar-refractivity contribution in [2.24, 2.45) is 11.8 Å². The third-order valence-corrected chi connectivity index (χ3v) is 6.53. The second kappa shape index (κ2) is 9.57. The van der Waals surface area contributed by atoms with Gasteiger partial charge in [-0.25, -0.2) is 0 Å². The van der Waals surface area contributed by atoms with Crippen LogP contribution in [0.1, 0.15) is 74.0 Å². The van der Waals surface area contributed by atoms with Crippen molar-refractivity contribution in [1.82, 2.24) is 10.2 Å². The van der Waals surface area contributed by atoms with Gasteiger partial charge < -0.3 is 10.2 Å². The number of rotatable bonds is 6. The molecule has 1 aromatic carbocycles. The van der Waals surface area contributed by atoms with E-state index in [2.05, 4.69) is 57.3 Å². The largest absolute Gasteiger partial charge is 0.349 e. The molecule has 29 heavy (non-hydrogen) atoms. The van der Waals surface area contributed by atoms with E-state index in [1.807, 2.05) is 21.7 Å². The average Bonchev–Trinajstić information content (AvgIpc) is 3.26. The van der Waals surface area contributed by atoms with E-state index in [9.17, 15) is 9.59 Å². The molecule has 0 saturated carbocycles. The minimum Gasteiger partial charge on any atom is -0.349 e. The lowest BCUT2D eigenvalue weighted by Gasteiger charge is -2.33. The highest BCUT2D eigenvalue weighted by Crippen LogP contribution is 2.26. The van der Waals surface area contributed by atoms with Gasteiger partial charge in [-0.05, 0) is 47.3 Å². The van der Waals surface area contributed by atoms with Gasteiger partial charge in [-0.3, -0.25) is 9.59 Å². The maximum absolute atomic E-state index is 13.0. The first-order valence-electron chi connectivity index (χ1n) is 10.6. The van der Waals surface area contributed by atoms with E-state index in [1.54, 1.807) is 0 Å². The van der Waals surface area contributed by atoms with Crippen molar-refractivity contribution in [3.05, 3.63) is 57.8 Å². The number of amides is 2. The normalized spacial score (nSPS) is 16.3. The molecule has 0 bridgehead atoms.